The van der Waals surface area contributed by atoms with E-state index in [0.29, 0.717) is 31.1 Å². The first-order valence-electron chi connectivity index (χ1n) is 9.77. The number of ether oxygens (including phenoxy) is 1. The molecule has 4 rings (SSSR count). The highest BCUT2D eigenvalue weighted by molar-refractivity contribution is 5.60. The van der Waals surface area contributed by atoms with Crippen molar-refractivity contribution in [2.24, 2.45) is 0 Å². The first kappa shape index (κ1) is 19.7. The normalized spacial score (nSPS) is 10.8. The lowest BCUT2D eigenvalue weighted by atomic mass is 10.1. The summed E-state index contributed by atoms with van der Waals surface area (Å²) in [6.45, 7) is 1.91. The summed E-state index contributed by atoms with van der Waals surface area (Å²) in [5, 5.41) is 12.6. The van der Waals surface area contributed by atoms with Gasteiger partial charge < -0.3 is 10.1 Å². The molecule has 0 aliphatic carbocycles. The predicted molar refractivity (Wildman–Crippen MR) is 112 cm³/mol. The average molecular weight is 403 g/mol. The van der Waals surface area contributed by atoms with Crippen molar-refractivity contribution >= 4 is 0 Å². The minimum absolute atomic E-state index is 0.262. The zero-order chi connectivity index (χ0) is 20.6. The van der Waals surface area contributed by atoms with E-state index >= 15 is 0 Å². The molecule has 1 N–H and O–H groups in total. The molecule has 2 aromatic heterocycles. The number of pyridine rings is 1. The van der Waals surface area contributed by atoms with Crippen LogP contribution in [0.3, 0.4) is 0 Å². The van der Waals surface area contributed by atoms with E-state index in [2.05, 4.69) is 20.5 Å². The van der Waals surface area contributed by atoms with E-state index in [4.69, 9.17) is 4.74 Å². The molecule has 2 aromatic carbocycles. The molecule has 7 heteroatoms. The smallest absolute Gasteiger partial charge is 0.213 e. The van der Waals surface area contributed by atoms with Crippen LogP contribution in [0.15, 0.2) is 79.0 Å². The Hall–Kier alpha value is -3.58. The second-order valence-electron chi connectivity index (χ2n) is 6.68. The van der Waals surface area contributed by atoms with Crippen LogP contribution in [0.2, 0.25) is 0 Å². The van der Waals surface area contributed by atoms with Gasteiger partial charge in [0.1, 0.15) is 23.8 Å². The molecule has 6 nitrogen and oxygen atoms in total. The summed E-state index contributed by atoms with van der Waals surface area (Å²) in [5.41, 5.74) is 3.11. The number of benzene rings is 2. The minimum Gasteiger partial charge on any atom is -0.476 e. The molecule has 0 saturated heterocycles. The molecule has 0 aliphatic heterocycles. The molecule has 0 saturated carbocycles. The van der Waals surface area contributed by atoms with Crippen molar-refractivity contribution in [3.63, 3.8) is 0 Å². The summed E-state index contributed by atoms with van der Waals surface area (Å²) >= 11 is 0. The van der Waals surface area contributed by atoms with Crippen molar-refractivity contribution < 1.29 is 9.13 Å². The summed E-state index contributed by atoms with van der Waals surface area (Å²) in [4.78, 5) is 5.68. The molecule has 0 aliphatic rings. The summed E-state index contributed by atoms with van der Waals surface area (Å²) < 4.78 is 19.6. The molecule has 0 radical (unpaired) electrons. The highest BCUT2D eigenvalue weighted by Crippen LogP contribution is 2.20. The zero-order valence-corrected chi connectivity index (χ0v) is 16.4. The van der Waals surface area contributed by atoms with Crippen LogP contribution in [0.25, 0.3) is 11.3 Å². The van der Waals surface area contributed by atoms with Gasteiger partial charge in [0.2, 0.25) is 5.88 Å². The van der Waals surface area contributed by atoms with Crippen LogP contribution in [0.1, 0.15) is 11.3 Å². The largest absolute Gasteiger partial charge is 0.476 e. The molecule has 0 fully saturated rings. The van der Waals surface area contributed by atoms with Gasteiger partial charge in [0.05, 0.1) is 6.54 Å². The highest BCUT2D eigenvalue weighted by Gasteiger charge is 2.14. The van der Waals surface area contributed by atoms with Gasteiger partial charge in [0.25, 0.3) is 0 Å². The van der Waals surface area contributed by atoms with Crippen molar-refractivity contribution in [2.45, 2.75) is 13.1 Å². The summed E-state index contributed by atoms with van der Waals surface area (Å²) in [6, 6.07) is 22.1. The SMILES string of the molecule is Fc1ccccc1Cn1nc(CNCCOc2ccccn2)c(-c2ccccc2)n1. The van der Waals surface area contributed by atoms with Crippen LogP contribution in [-0.4, -0.2) is 33.1 Å². The fourth-order valence-corrected chi connectivity index (χ4v) is 3.04. The Morgan fingerprint density at radius 3 is 2.50 bits per heavy atom. The Kier molecular flexibility index (Phi) is 6.41. The number of rotatable bonds is 9. The van der Waals surface area contributed by atoms with Gasteiger partial charge in [-0.15, -0.1) is 0 Å². The molecule has 0 spiro atoms. The van der Waals surface area contributed by atoms with Gasteiger partial charge in [-0.05, 0) is 12.1 Å². The van der Waals surface area contributed by atoms with Crippen molar-refractivity contribution in [2.75, 3.05) is 13.2 Å². The van der Waals surface area contributed by atoms with Crippen molar-refractivity contribution in [3.05, 3.63) is 96.1 Å². The van der Waals surface area contributed by atoms with Crippen LogP contribution >= 0.6 is 0 Å². The van der Waals surface area contributed by atoms with E-state index < -0.39 is 0 Å². The molecule has 0 atom stereocenters. The number of halogens is 1. The predicted octanol–water partition coefficient (Wildman–Crippen LogP) is 3.70. The van der Waals surface area contributed by atoms with Crippen molar-refractivity contribution in [1.82, 2.24) is 25.3 Å². The lowest BCUT2D eigenvalue weighted by Gasteiger charge is -2.06. The second kappa shape index (κ2) is 9.76. The van der Waals surface area contributed by atoms with Gasteiger partial charge in [-0.3, -0.25) is 0 Å². The van der Waals surface area contributed by atoms with Gasteiger partial charge in [-0.25, -0.2) is 9.37 Å². The molecule has 0 amide bonds. The van der Waals surface area contributed by atoms with Crippen molar-refractivity contribution in [1.29, 1.82) is 0 Å². The second-order valence-corrected chi connectivity index (χ2v) is 6.68. The first-order valence-corrected chi connectivity index (χ1v) is 9.77. The van der Waals surface area contributed by atoms with Crippen LogP contribution in [0.4, 0.5) is 4.39 Å². The van der Waals surface area contributed by atoms with Gasteiger partial charge in [-0.2, -0.15) is 15.0 Å². The van der Waals surface area contributed by atoms with E-state index in [-0.39, 0.29) is 12.4 Å². The average Bonchev–Trinajstić information content (AvgIpc) is 3.19. The molecule has 2 heterocycles. The number of aromatic nitrogens is 4. The van der Waals surface area contributed by atoms with Gasteiger partial charge >= 0.3 is 0 Å². The minimum atomic E-state index is -0.262. The Morgan fingerprint density at radius 1 is 0.900 bits per heavy atom. The maximum Gasteiger partial charge on any atom is 0.213 e. The third-order valence-corrected chi connectivity index (χ3v) is 4.50. The molecular formula is C23H22FN5O. The Morgan fingerprint density at radius 2 is 1.70 bits per heavy atom. The molecule has 0 unspecified atom stereocenters. The summed E-state index contributed by atoms with van der Waals surface area (Å²) in [5.74, 6) is 0.336. The lowest BCUT2D eigenvalue weighted by molar-refractivity contribution is 0.302. The van der Waals surface area contributed by atoms with Crippen LogP contribution in [-0.2, 0) is 13.1 Å². The summed E-state index contributed by atoms with van der Waals surface area (Å²) in [6.07, 6.45) is 1.70. The van der Waals surface area contributed by atoms with E-state index in [0.717, 1.165) is 17.0 Å². The topological polar surface area (TPSA) is 64.9 Å². The fraction of sp³-hybridized carbons (Fsp3) is 0.174. The van der Waals surface area contributed by atoms with E-state index in [1.165, 1.54) is 6.07 Å². The van der Waals surface area contributed by atoms with Gasteiger partial charge in [-0.1, -0.05) is 54.6 Å². The third-order valence-electron chi connectivity index (χ3n) is 4.50. The Bertz CT molecular complexity index is 1070. The molecule has 30 heavy (non-hydrogen) atoms. The number of nitrogens with zero attached hydrogens (tertiary/aromatic N) is 4. The maximum absolute atomic E-state index is 14.0. The molecule has 0 bridgehead atoms. The Balaban J connectivity index is 1.44. The monoisotopic (exact) mass is 403 g/mol. The van der Waals surface area contributed by atoms with Crippen LogP contribution in [0, 0.1) is 5.82 Å². The Labute approximate surface area is 174 Å². The van der Waals surface area contributed by atoms with E-state index in [1.54, 1.807) is 23.1 Å². The van der Waals surface area contributed by atoms with Crippen molar-refractivity contribution in [3.8, 4) is 17.1 Å². The lowest BCUT2D eigenvalue weighted by Crippen LogP contribution is -2.21. The fourth-order valence-electron chi connectivity index (χ4n) is 3.04. The van der Waals surface area contributed by atoms with E-state index in [1.807, 2.05) is 54.6 Å². The van der Waals surface area contributed by atoms with Crippen LogP contribution < -0.4 is 10.1 Å². The first-order chi connectivity index (χ1) is 14.8. The molecule has 152 valence electrons. The number of hydrogen-bond donors (Lipinski definition) is 1. The molecular weight excluding hydrogens is 381 g/mol. The van der Waals surface area contributed by atoms with Gasteiger partial charge in [0, 0.05) is 36.5 Å². The molecule has 4 aromatic rings. The maximum atomic E-state index is 14.0. The summed E-state index contributed by atoms with van der Waals surface area (Å²) in [7, 11) is 0. The number of hydrogen-bond acceptors (Lipinski definition) is 5. The zero-order valence-electron chi connectivity index (χ0n) is 16.4. The van der Waals surface area contributed by atoms with E-state index in [9.17, 15) is 4.39 Å². The third kappa shape index (κ3) is 5.07. The van der Waals surface area contributed by atoms with Gasteiger partial charge in [0.15, 0.2) is 0 Å². The standard InChI is InChI=1S/C23H22FN5O/c24-20-11-5-4-10-19(20)17-29-27-21(23(28-29)18-8-2-1-3-9-18)16-25-14-15-30-22-12-6-7-13-26-22/h1-13,25H,14-17H2. The highest BCUT2D eigenvalue weighted by atomic mass is 19.1. The van der Waals surface area contributed by atoms with Crippen LogP contribution in [0.5, 0.6) is 5.88 Å². The quantitative estimate of drug-likeness (QED) is 0.432. The number of nitrogens with one attached hydrogen (secondary N) is 1.